The van der Waals surface area contributed by atoms with Crippen LogP contribution in [0, 0.1) is 0 Å². The van der Waals surface area contributed by atoms with Gasteiger partial charge in [0, 0.05) is 20.8 Å². The van der Waals surface area contributed by atoms with Crippen molar-refractivity contribution in [2.45, 2.75) is 22.8 Å². The van der Waals surface area contributed by atoms with E-state index >= 15 is 0 Å². The SMILES string of the molecule is COC[C@@]12CN[C@H](C1OC)[C@H](Br)O2. The fourth-order valence-electron chi connectivity index (χ4n) is 2.23. The molecule has 1 unspecified atom stereocenters. The van der Waals surface area contributed by atoms with Gasteiger partial charge in [-0.25, -0.2) is 0 Å². The van der Waals surface area contributed by atoms with Crippen molar-refractivity contribution in [2.24, 2.45) is 0 Å². The third-order valence-corrected chi connectivity index (χ3v) is 3.51. The first-order valence-electron chi connectivity index (χ1n) is 4.30. The number of methoxy groups -OCH3 is 2. The molecule has 0 aromatic heterocycles. The van der Waals surface area contributed by atoms with Crippen molar-refractivity contribution in [2.75, 3.05) is 27.4 Å². The van der Waals surface area contributed by atoms with Gasteiger partial charge in [0.25, 0.3) is 0 Å². The van der Waals surface area contributed by atoms with Gasteiger partial charge in [0.05, 0.1) is 12.6 Å². The molecule has 2 saturated heterocycles. The van der Waals surface area contributed by atoms with E-state index in [0.29, 0.717) is 6.61 Å². The van der Waals surface area contributed by atoms with Gasteiger partial charge < -0.3 is 19.5 Å². The van der Waals surface area contributed by atoms with Crippen LogP contribution >= 0.6 is 15.9 Å². The first kappa shape index (κ1) is 9.86. The minimum atomic E-state index is -0.303. The zero-order valence-corrected chi connectivity index (χ0v) is 9.33. The third-order valence-electron chi connectivity index (χ3n) is 2.75. The van der Waals surface area contributed by atoms with Crippen molar-refractivity contribution in [1.82, 2.24) is 5.32 Å². The zero-order chi connectivity index (χ0) is 9.47. The standard InChI is InChI=1S/C8H14BrNO3/c1-11-4-8-3-10-5(6(8)12-2)7(9)13-8/h5-7,10H,3-4H2,1-2H3/t5-,6?,7-,8+/m1/s1. The quantitative estimate of drug-likeness (QED) is 0.724. The lowest BCUT2D eigenvalue weighted by Crippen LogP contribution is -2.47. The maximum Gasteiger partial charge on any atom is 0.133 e. The normalized spacial score (nSPS) is 48.7. The Kier molecular flexibility index (Phi) is 2.63. The van der Waals surface area contributed by atoms with E-state index < -0.39 is 0 Å². The molecule has 0 aromatic carbocycles. The summed E-state index contributed by atoms with van der Waals surface area (Å²) in [5.41, 5.74) is -0.303. The number of hydrogen-bond acceptors (Lipinski definition) is 4. The molecular weight excluding hydrogens is 238 g/mol. The molecule has 4 atom stereocenters. The second kappa shape index (κ2) is 3.47. The van der Waals surface area contributed by atoms with Crippen LogP contribution in [0.15, 0.2) is 0 Å². The van der Waals surface area contributed by atoms with Crippen molar-refractivity contribution in [3.63, 3.8) is 0 Å². The van der Waals surface area contributed by atoms with Crippen LogP contribution in [0.3, 0.4) is 0 Å². The highest BCUT2D eigenvalue weighted by molar-refractivity contribution is 9.09. The van der Waals surface area contributed by atoms with Crippen LogP contribution in [0.5, 0.6) is 0 Å². The Balaban J connectivity index is 2.17. The Bertz CT molecular complexity index is 204. The molecule has 2 rings (SSSR count). The predicted molar refractivity (Wildman–Crippen MR) is 51.0 cm³/mol. The van der Waals surface area contributed by atoms with Crippen LogP contribution in [0.2, 0.25) is 0 Å². The summed E-state index contributed by atoms with van der Waals surface area (Å²) in [7, 11) is 3.39. The molecular formula is C8H14BrNO3. The van der Waals surface area contributed by atoms with Crippen LogP contribution in [0.1, 0.15) is 0 Å². The van der Waals surface area contributed by atoms with Crippen LogP contribution < -0.4 is 5.32 Å². The van der Waals surface area contributed by atoms with Crippen LogP contribution in [-0.2, 0) is 14.2 Å². The Labute approximate surface area is 86.0 Å². The molecule has 1 N–H and O–H groups in total. The second-order valence-corrected chi connectivity index (χ2v) is 4.43. The summed E-state index contributed by atoms with van der Waals surface area (Å²) in [5, 5.41) is 3.38. The number of alkyl halides is 1. The lowest BCUT2D eigenvalue weighted by molar-refractivity contribution is -0.104. The van der Waals surface area contributed by atoms with E-state index in [4.69, 9.17) is 14.2 Å². The number of rotatable bonds is 3. The van der Waals surface area contributed by atoms with Crippen LogP contribution in [0.4, 0.5) is 0 Å². The largest absolute Gasteiger partial charge is 0.382 e. The molecule has 2 bridgehead atoms. The first-order valence-corrected chi connectivity index (χ1v) is 5.22. The molecule has 76 valence electrons. The number of nitrogens with one attached hydrogen (secondary N) is 1. The lowest BCUT2D eigenvalue weighted by Gasteiger charge is -2.29. The average Bonchev–Trinajstić information content (AvgIpc) is 2.55. The number of hydrogen-bond donors (Lipinski definition) is 1. The molecule has 0 saturated carbocycles. The summed E-state index contributed by atoms with van der Waals surface area (Å²) < 4.78 is 16.4. The van der Waals surface area contributed by atoms with Gasteiger partial charge in [-0.05, 0) is 0 Å². The van der Waals surface area contributed by atoms with Gasteiger partial charge in [-0.2, -0.15) is 0 Å². The molecule has 4 nitrogen and oxygen atoms in total. The molecule has 0 amide bonds. The molecule has 2 aliphatic rings. The summed E-state index contributed by atoms with van der Waals surface area (Å²) in [6.07, 6.45) is 0.0804. The fourth-order valence-corrected chi connectivity index (χ4v) is 3.07. The summed E-state index contributed by atoms with van der Waals surface area (Å²) in [5.74, 6) is 0. The highest BCUT2D eigenvalue weighted by atomic mass is 79.9. The number of ether oxygens (including phenoxy) is 3. The van der Waals surface area contributed by atoms with E-state index in [1.807, 2.05) is 0 Å². The van der Waals surface area contributed by atoms with Crippen LogP contribution in [0.25, 0.3) is 0 Å². The Hall–Kier alpha value is 0.320. The molecule has 0 aromatic rings. The van der Waals surface area contributed by atoms with Crippen molar-refractivity contribution in [3.8, 4) is 0 Å². The first-order chi connectivity index (χ1) is 6.23. The maximum atomic E-state index is 5.80. The molecule has 2 aliphatic heterocycles. The maximum absolute atomic E-state index is 5.80. The molecule has 0 aliphatic carbocycles. The summed E-state index contributed by atoms with van der Waals surface area (Å²) in [6, 6.07) is 0.236. The van der Waals surface area contributed by atoms with Crippen LogP contribution in [-0.4, -0.2) is 50.1 Å². The van der Waals surface area contributed by atoms with Gasteiger partial charge in [-0.15, -0.1) is 0 Å². The molecule has 2 fully saturated rings. The second-order valence-electron chi connectivity index (χ2n) is 3.53. The van der Waals surface area contributed by atoms with Gasteiger partial charge in [0.15, 0.2) is 0 Å². The minimum Gasteiger partial charge on any atom is -0.382 e. The van der Waals surface area contributed by atoms with Gasteiger partial charge in [-0.1, -0.05) is 15.9 Å². The fraction of sp³-hybridized carbons (Fsp3) is 1.00. The highest BCUT2D eigenvalue weighted by Crippen LogP contribution is 2.40. The lowest BCUT2D eigenvalue weighted by atomic mass is 10.0. The van der Waals surface area contributed by atoms with Crippen molar-refractivity contribution < 1.29 is 14.2 Å². The van der Waals surface area contributed by atoms with E-state index in [-0.39, 0.29) is 22.8 Å². The van der Waals surface area contributed by atoms with E-state index in [0.717, 1.165) is 6.54 Å². The van der Waals surface area contributed by atoms with Gasteiger partial charge in [0.2, 0.25) is 0 Å². The van der Waals surface area contributed by atoms with E-state index in [2.05, 4.69) is 21.2 Å². The number of morpholine rings is 1. The summed E-state index contributed by atoms with van der Waals surface area (Å²) in [4.78, 5) is 0. The van der Waals surface area contributed by atoms with E-state index in [9.17, 15) is 0 Å². The van der Waals surface area contributed by atoms with Crippen molar-refractivity contribution >= 4 is 15.9 Å². The molecule has 5 heteroatoms. The third kappa shape index (κ3) is 1.34. The Morgan fingerprint density at radius 3 is 2.92 bits per heavy atom. The smallest absolute Gasteiger partial charge is 0.133 e. The molecule has 0 spiro atoms. The Morgan fingerprint density at radius 2 is 2.38 bits per heavy atom. The minimum absolute atomic E-state index is 0.0290. The van der Waals surface area contributed by atoms with Gasteiger partial charge in [-0.3, -0.25) is 0 Å². The monoisotopic (exact) mass is 251 g/mol. The van der Waals surface area contributed by atoms with Gasteiger partial charge >= 0.3 is 0 Å². The number of fused-ring (bicyclic) bond motifs is 2. The predicted octanol–water partition coefficient (Wildman–Crippen LogP) is 0.110. The summed E-state index contributed by atoms with van der Waals surface area (Å²) >= 11 is 3.46. The van der Waals surface area contributed by atoms with Crippen molar-refractivity contribution in [1.29, 1.82) is 0 Å². The van der Waals surface area contributed by atoms with Crippen molar-refractivity contribution in [3.05, 3.63) is 0 Å². The number of halogens is 1. The topological polar surface area (TPSA) is 39.7 Å². The average molecular weight is 252 g/mol. The zero-order valence-electron chi connectivity index (χ0n) is 7.75. The highest BCUT2D eigenvalue weighted by Gasteiger charge is 2.59. The van der Waals surface area contributed by atoms with E-state index in [1.54, 1.807) is 14.2 Å². The van der Waals surface area contributed by atoms with E-state index in [1.165, 1.54) is 0 Å². The Morgan fingerprint density at radius 1 is 1.62 bits per heavy atom. The van der Waals surface area contributed by atoms with Gasteiger partial charge in [0.1, 0.15) is 16.7 Å². The molecule has 0 radical (unpaired) electrons. The molecule has 2 heterocycles. The molecule has 13 heavy (non-hydrogen) atoms. The summed E-state index contributed by atoms with van der Waals surface area (Å²) in [6.45, 7) is 1.36.